The molecule has 0 heterocycles. The number of methoxy groups -OCH3 is 1. The fourth-order valence-electron chi connectivity index (χ4n) is 2.66. The van der Waals surface area contributed by atoms with Crippen molar-refractivity contribution in [3.63, 3.8) is 0 Å². The molecule has 0 saturated heterocycles. The minimum atomic E-state index is -0.316. The van der Waals surface area contributed by atoms with Gasteiger partial charge >= 0.3 is 0 Å². The zero-order valence-electron chi connectivity index (χ0n) is 15.7. The van der Waals surface area contributed by atoms with E-state index in [1.54, 1.807) is 24.1 Å². The van der Waals surface area contributed by atoms with Gasteiger partial charge in [-0.05, 0) is 41.8 Å². The van der Waals surface area contributed by atoms with Crippen LogP contribution in [0.15, 0.2) is 48.5 Å². The minimum absolute atomic E-state index is 0.108. The Morgan fingerprint density at radius 1 is 1.11 bits per heavy atom. The summed E-state index contributed by atoms with van der Waals surface area (Å²) in [6, 6.07) is 13.7. The Bertz CT molecular complexity index is 762. The van der Waals surface area contributed by atoms with E-state index in [1.807, 2.05) is 24.3 Å². The number of hydrogen-bond acceptors (Lipinski definition) is 3. The number of nitrogens with one attached hydrogen (secondary N) is 1. The molecule has 0 spiro atoms. The lowest BCUT2D eigenvalue weighted by Gasteiger charge is -2.21. The van der Waals surface area contributed by atoms with E-state index in [4.69, 9.17) is 4.74 Å². The van der Waals surface area contributed by atoms with Gasteiger partial charge in [-0.1, -0.05) is 24.3 Å². The summed E-state index contributed by atoms with van der Waals surface area (Å²) in [5, 5.41) is 2.87. The highest BCUT2D eigenvalue weighted by atomic mass is 19.1. The molecule has 0 aliphatic heterocycles. The van der Waals surface area contributed by atoms with Crippen molar-refractivity contribution in [3.05, 3.63) is 65.5 Å². The Morgan fingerprint density at radius 3 is 2.52 bits per heavy atom. The van der Waals surface area contributed by atoms with Crippen LogP contribution in [-0.2, 0) is 22.6 Å². The van der Waals surface area contributed by atoms with Crippen LogP contribution in [0.5, 0.6) is 5.75 Å². The molecule has 2 aromatic carbocycles. The number of ether oxygens (including phenoxy) is 1. The predicted octanol–water partition coefficient (Wildman–Crippen LogP) is 2.93. The molecule has 5 nitrogen and oxygen atoms in total. The lowest BCUT2D eigenvalue weighted by Crippen LogP contribution is -2.34. The summed E-state index contributed by atoms with van der Waals surface area (Å²) in [4.78, 5) is 25.4. The maximum absolute atomic E-state index is 13.0. The van der Waals surface area contributed by atoms with Gasteiger partial charge in [0.1, 0.15) is 11.6 Å². The van der Waals surface area contributed by atoms with Gasteiger partial charge in [-0.2, -0.15) is 0 Å². The molecule has 0 aliphatic carbocycles. The number of benzene rings is 2. The van der Waals surface area contributed by atoms with Crippen molar-refractivity contribution in [2.45, 2.75) is 26.3 Å². The summed E-state index contributed by atoms with van der Waals surface area (Å²) in [6.07, 6.45) is 0.924. The van der Waals surface area contributed by atoms with Gasteiger partial charge in [0.25, 0.3) is 0 Å². The standard InChI is InChI=1S/C21H25FN2O3/c1-16(25)24(15-18-6-8-19(22)9-7-18)13-11-21(26)23-12-10-17-4-3-5-20(14-17)27-2/h3-9,14H,10-13,15H2,1-2H3,(H,23,26). The third-order valence-corrected chi connectivity index (χ3v) is 4.21. The maximum atomic E-state index is 13.0. The van der Waals surface area contributed by atoms with Gasteiger partial charge in [0, 0.05) is 33.0 Å². The SMILES string of the molecule is COc1cccc(CCNC(=O)CCN(Cc2ccc(F)cc2)C(C)=O)c1. The van der Waals surface area contributed by atoms with Crippen molar-refractivity contribution in [2.24, 2.45) is 0 Å². The van der Waals surface area contributed by atoms with E-state index in [2.05, 4.69) is 5.32 Å². The molecule has 2 amide bonds. The van der Waals surface area contributed by atoms with Crippen molar-refractivity contribution in [1.29, 1.82) is 0 Å². The molecule has 6 heteroatoms. The van der Waals surface area contributed by atoms with E-state index in [0.717, 1.165) is 16.9 Å². The second-order valence-corrected chi connectivity index (χ2v) is 6.27. The van der Waals surface area contributed by atoms with E-state index in [9.17, 15) is 14.0 Å². The van der Waals surface area contributed by atoms with Gasteiger partial charge in [0.15, 0.2) is 0 Å². The topological polar surface area (TPSA) is 58.6 Å². The molecular formula is C21H25FN2O3. The molecule has 0 fully saturated rings. The van der Waals surface area contributed by atoms with Gasteiger partial charge in [-0.25, -0.2) is 4.39 Å². The van der Waals surface area contributed by atoms with Gasteiger partial charge in [-0.15, -0.1) is 0 Å². The summed E-state index contributed by atoms with van der Waals surface area (Å²) in [5.41, 5.74) is 1.90. The molecule has 0 saturated carbocycles. The molecule has 144 valence electrons. The average molecular weight is 372 g/mol. The molecule has 0 aliphatic rings. The van der Waals surface area contributed by atoms with E-state index >= 15 is 0 Å². The van der Waals surface area contributed by atoms with E-state index in [-0.39, 0.29) is 24.1 Å². The maximum Gasteiger partial charge on any atom is 0.221 e. The number of rotatable bonds is 9. The van der Waals surface area contributed by atoms with Crippen LogP contribution in [0.1, 0.15) is 24.5 Å². The zero-order valence-corrected chi connectivity index (χ0v) is 15.7. The summed E-state index contributed by atoms with van der Waals surface area (Å²) >= 11 is 0. The number of halogens is 1. The van der Waals surface area contributed by atoms with Crippen molar-refractivity contribution in [3.8, 4) is 5.75 Å². The third-order valence-electron chi connectivity index (χ3n) is 4.21. The molecule has 0 aromatic heterocycles. The third kappa shape index (κ3) is 7.09. The normalized spacial score (nSPS) is 10.3. The second kappa shape index (κ2) is 10.3. The van der Waals surface area contributed by atoms with Crippen LogP contribution in [-0.4, -0.2) is 36.9 Å². The molecule has 2 aromatic rings. The van der Waals surface area contributed by atoms with E-state index in [0.29, 0.717) is 26.1 Å². The quantitative estimate of drug-likeness (QED) is 0.736. The Labute approximate surface area is 159 Å². The number of carbonyl (C=O) groups is 2. The Hall–Kier alpha value is -2.89. The lowest BCUT2D eigenvalue weighted by atomic mass is 10.1. The molecule has 0 atom stereocenters. The molecular weight excluding hydrogens is 347 g/mol. The van der Waals surface area contributed by atoms with Crippen LogP contribution >= 0.6 is 0 Å². The van der Waals surface area contributed by atoms with Crippen molar-refractivity contribution < 1.29 is 18.7 Å². The smallest absolute Gasteiger partial charge is 0.221 e. The van der Waals surface area contributed by atoms with Crippen molar-refractivity contribution in [2.75, 3.05) is 20.2 Å². The Balaban J connectivity index is 1.76. The number of carbonyl (C=O) groups excluding carboxylic acids is 2. The first kappa shape index (κ1) is 20.4. The summed E-state index contributed by atoms with van der Waals surface area (Å²) in [5.74, 6) is 0.243. The molecule has 1 N–H and O–H groups in total. The monoisotopic (exact) mass is 372 g/mol. The summed E-state index contributed by atoms with van der Waals surface area (Å²) in [6.45, 7) is 2.65. The van der Waals surface area contributed by atoms with Crippen molar-refractivity contribution >= 4 is 11.8 Å². The van der Waals surface area contributed by atoms with Gasteiger partial charge in [0.2, 0.25) is 11.8 Å². The number of hydrogen-bond donors (Lipinski definition) is 1. The summed E-state index contributed by atoms with van der Waals surface area (Å²) < 4.78 is 18.2. The second-order valence-electron chi connectivity index (χ2n) is 6.27. The number of nitrogens with zero attached hydrogens (tertiary/aromatic N) is 1. The first-order valence-corrected chi connectivity index (χ1v) is 8.87. The highest BCUT2D eigenvalue weighted by Gasteiger charge is 2.12. The highest BCUT2D eigenvalue weighted by molar-refractivity contribution is 5.78. The summed E-state index contributed by atoms with van der Waals surface area (Å²) in [7, 11) is 1.62. The van der Waals surface area contributed by atoms with Crippen LogP contribution in [0.2, 0.25) is 0 Å². The Kier molecular flexibility index (Phi) is 7.79. The molecule has 27 heavy (non-hydrogen) atoms. The molecule has 0 unspecified atom stereocenters. The largest absolute Gasteiger partial charge is 0.497 e. The fourth-order valence-corrected chi connectivity index (χ4v) is 2.66. The zero-order chi connectivity index (χ0) is 19.6. The van der Waals surface area contributed by atoms with Crippen LogP contribution < -0.4 is 10.1 Å². The molecule has 0 bridgehead atoms. The van der Waals surface area contributed by atoms with Crippen LogP contribution in [0.4, 0.5) is 4.39 Å². The fraction of sp³-hybridized carbons (Fsp3) is 0.333. The van der Waals surface area contributed by atoms with Crippen molar-refractivity contribution in [1.82, 2.24) is 10.2 Å². The first-order chi connectivity index (χ1) is 13.0. The highest BCUT2D eigenvalue weighted by Crippen LogP contribution is 2.12. The molecule has 0 radical (unpaired) electrons. The minimum Gasteiger partial charge on any atom is -0.497 e. The van der Waals surface area contributed by atoms with Crippen LogP contribution in [0.3, 0.4) is 0 Å². The van der Waals surface area contributed by atoms with E-state index in [1.165, 1.54) is 19.1 Å². The van der Waals surface area contributed by atoms with E-state index < -0.39 is 0 Å². The lowest BCUT2D eigenvalue weighted by molar-refractivity contribution is -0.130. The number of amides is 2. The van der Waals surface area contributed by atoms with Gasteiger partial charge in [0.05, 0.1) is 7.11 Å². The first-order valence-electron chi connectivity index (χ1n) is 8.87. The van der Waals surface area contributed by atoms with Gasteiger partial charge < -0.3 is 15.0 Å². The van der Waals surface area contributed by atoms with Crippen LogP contribution in [0.25, 0.3) is 0 Å². The van der Waals surface area contributed by atoms with Crippen LogP contribution in [0, 0.1) is 5.82 Å². The Morgan fingerprint density at radius 2 is 1.85 bits per heavy atom. The van der Waals surface area contributed by atoms with Gasteiger partial charge in [-0.3, -0.25) is 9.59 Å². The predicted molar refractivity (Wildman–Crippen MR) is 102 cm³/mol. The molecule has 2 rings (SSSR count). The average Bonchev–Trinajstić information content (AvgIpc) is 2.66.